The highest BCUT2D eigenvalue weighted by Gasteiger charge is 2.46. The summed E-state index contributed by atoms with van der Waals surface area (Å²) in [5, 5.41) is 19.0. The van der Waals surface area contributed by atoms with E-state index in [1.807, 2.05) is 0 Å². The predicted octanol–water partition coefficient (Wildman–Crippen LogP) is -2.13. The van der Waals surface area contributed by atoms with Crippen LogP contribution in [0.15, 0.2) is 0 Å². The van der Waals surface area contributed by atoms with Crippen LogP contribution in [-0.2, 0) is 9.63 Å². The van der Waals surface area contributed by atoms with Crippen molar-refractivity contribution in [3.63, 3.8) is 0 Å². The molecule has 0 aromatic rings. The number of nitrogens with one attached hydrogen (secondary N) is 1. The summed E-state index contributed by atoms with van der Waals surface area (Å²) in [6, 6.07) is 0. The zero-order valence-corrected chi connectivity index (χ0v) is 6.78. The van der Waals surface area contributed by atoms with Crippen molar-refractivity contribution in [2.24, 2.45) is 5.41 Å². The van der Waals surface area contributed by atoms with Gasteiger partial charge in [-0.25, -0.2) is 0 Å². The van der Waals surface area contributed by atoms with Crippen molar-refractivity contribution < 1.29 is 19.8 Å². The first-order valence-corrected chi connectivity index (χ1v) is 3.53. The van der Waals surface area contributed by atoms with Crippen molar-refractivity contribution in [1.29, 1.82) is 0 Å². The highest BCUT2D eigenvalue weighted by molar-refractivity contribution is 5.84. The van der Waals surface area contributed by atoms with E-state index in [-0.39, 0.29) is 6.54 Å². The Morgan fingerprint density at radius 2 is 2.25 bits per heavy atom. The quantitative estimate of drug-likeness (QED) is 0.457. The summed E-state index contributed by atoms with van der Waals surface area (Å²) in [6.45, 7) is -0.639. The summed E-state index contributed by atoms with van der Waals surface area (Å²) in [4.78, 5) is 15.9. The van der Waals surface area contributed by atoms with E-state index in [0.29, 0.717) is 0 Å². The molecule has 1 aliphatic rings. The summed E-state index contributed by atoms with van der Waals surface area (Å²) in [6.07, 6.45) is 0. The molecule has 3 N–H and O–H groups in total. The maximum Gasteiger partial charge on any atom is 0.248 e. The molecule has 0 atom stereocenters. The number of hydrogen-bond donors (Lipinski definition) is 3. The number of carbonyl (C=O) groups excluding carboxylic acids is 1. The molecule has 6 nitrogen and oxygen atoms in total. The van der Waals surface area contributed by atoms with Gasteiger partial charge in [0.15, 0.2) is 0 Å². The van der Waals surface area contributed by atoms with Crippen molar-refractivity contribution in [2.75, 3.05) is 26.9 Å². The van der Waals surface area contributed by atoms with Gasteiger partial charge in [0.25, 0.3) is 0 Å². The molecule has 1 aliphatic heterocycles. The number of aliphatic hydroxyl groups is 2. The highest BCUT2D eigenvalue weighted by Crippen LogP contribution is 2.22. The summed E-state index contributed by atoms with van der Waals surface area (Å²) in [5.74, 6) is -0.422. The monoisotopic (exact) mass is 176 g/mol. The smallest absolute Gasteiger partial charge is 0.248 e. The van der Waals surface area contributed by atoms with Gasteiger partial charge in [-0.1, -0.05) is 5.17 Å². The van der Waals surface area contributed by atoms with Crippen LogP contribution in [0, 0.1) is 5.41 Å². The summed E-state index contributed by atoms with van der Waals surface area (Å²) < 4.78 is 0. The number of aliphatic hydroxyl groups excluding tert-OH is 2. The van der Waals surface area contributed by atoms with E-state index in [2.05, 4.69) is 5.43 Å². The van der Waals surface area contributed by atoms with Crippen LogP contribution in [0.25, 0.3) is 0 Å². The van der Waals surface area contributed by atoms with Gasteiger partial charge in [-0.3, -0.25) is 15.1 Å². The molecule has 1 rings (SSSR count). The lowest BCUT2D eigenvalue weighted by Gasteiger charge is -2.18. The van der Waals surface area contributed by atoms with Gasteiger partial charge < -0.3 is 10.2 Å². The molecule has 1 saturated heterocycles. The molecule has 0 saturated carbocycles. The first-order chi connectivity index (χ1) is 5.68. The molecular weight excluding hydrogens is 164 g/mol. The largest absolute Gasteiger partial charge is 0.395 e. The van der Waals surface area contributed by atoms with Gasteiger partial charge in [0.05, 0.1) is 26.9 Å². The maximum absolute atomic E-state index is 11.2. The minimum absolute atomic E-state index is 0.148. The third kappa shape index (κ3) is 1.29. The summed E-state index contributed by atoms with van der Waals surface area (Å²) >= 11 is 0. The molecule has 0 unspecified atom stereocenters. The maximum atomic E-state index is 11.2. The van der Waals surface area contributed by atoms with Crippen LogP contribution in [-0.4, -0.2) is 48.2 Å². The lowest BCUT2D eigenvalue weighted by molar-refractivity contribution is -0.161. The van der Waals surface area contributed by atoms with Crippen LogP contribution in [0.5, 0.6) is 0 Å². The average Bonchev–Trinajstić information content (AvgIpc) is 2.43. The minimum Gasteiger partial charge on any atom is -0.395 e. The number of hydrazine groups is 1. The molecule has 0 spiro atoms. The molecule has 0 bridgehead atoms. The number of nitrogens with zero attached hydrogens (tertiary/aromatic N) is 1. The summed E-state index contributed by atoms with van der Waals surface area (Å²) in [5.41, 5.74) is 1.22. The van der Waals surface area contributed by atoms with Crippen LogP contribution in [0.3, 0.4) is 0 Å². The Hall–Kier alpha value is -0.690. The second-order valence-corrected chi connectivity index (χ2v) is 2.76. The van der Waals surface area contributed by atoms with Crippen LogP contribution < -0.4 is 5.43 Å². The van der Waals surface area contributed by atoms with E-state index in [0.717, 1.165) is 0 Å². The molecule has 1 heterocycles. The fourth-order valence-electron chi connectivity index (χ4n) is 1.02. The second-order valence-electron chi connectivity index (χ2n) is 2.76. The lowest BCUT2D eigenvalue weighted by atomic mass is 9.91. The molecule has 1 fully saturated rings. The number of hydrogen-bond acceptors (Lipinski definition) is 5. The molecule has 0 radical (unpaired) electrons. The van der Waals surface area contributed by atoms with E-state index < -0.39 is 24.5 Å². The second kappa shape index (κ2) is 3.36. The molecule has 70 valence electrons. The van der Waals surface area contributed by atoms with Crippen LogP contribution >= 0.6 is 0 Å². The number of amides is 1. The predicted molar refractivity (Wildman–Crippen MR) is 38.5 cm³/mol. The Morgan fingerprint density at radius 3 is 2.50 bits per heavy atom. The Morgan fingerprint density at radius 1 is 1.67 bits per heavy atom. The number of hydroxylamine groups is 1. The molecule has 1 amide bonds. The van der Waals surface area contributed by atoms with E-state index in [1.54, 1.807) is 0 Å². The van der Waals surface area contributed by atoms with E-state index >= 15 is 0 Å². The number of carbonyl (C=O) groups is 1. The van der Waals surface area contributed by atoms with Crippen molar-refractivity contribution >= 4 is 5.91 Å². The van der Waals surface area contributed by atoms with E-state index in [1.165, 1.54) is 12.3 Å². The third-order valence-corrected chi connectivity index (χ3v) is 1.98. The Kier molecular flexibility index (Phi) is 2.63. The molecule has 0 aromatic carbocycles. The van der Waals surface area contributed by atoms with Crippen LogP contribution in [0.1, 0.15) is 0 Å². The minimum atomic E-state index is -1.13. The fraction of sp³-hybridized carbons (Fsp3) is 0.833. The van der Waals surface area contributed by atoms with Gasteiger partial charge in [-0.15, -0.1) is 0 Å². The van der Waals surface area contributed by atoms with Gasteiger partial charge in [-0.2, -0.15) is 0 Å². The van der Waals surface area contributed by atoms with Crippen molar-refractivity contribution in [3.05, 3.63) is 0 Å². The molecule has 6 heteroatoms. The van der Waals surface area contributed by atoms with Gasteiger partial charge >= 0.3 is 0 Å². The van der Waals surface area contributed by atoms with Gasteiger partial charge in [0.1, 0.15) is 5.41 Å². The first kappa shape index (κ1) is 9.40. The summed E-state index contributed by atoms with van der Waals surface area (Å²) in [7, 11) is 1.39. The van der Waals surface area contributed by atoms with E-state index in [9.17, 15) is 4.79 Å². The third-order valence-electron chi connectivity index (χ3n) is 1.98. The fourth-order valence-corrected chi connectivity index (χ4v) is 1.02. The molecule has 0 aromatic heterocycles. The Labute approximate surface area is 69.7 Å². The number of rotatable bonds is 3. The molecule has 0 aliphatic carbocycles. The molecular formula is C6H12N2O4. The van der Waals surface area contributed by atoms with Gasteiger partial charge in [0, 0.05) is 0 Å². The van der Waals surface area contributed by atoms with Crippen molar-refractivity contribution in [2.45, 2.75) is 0 Å². The topological polar surface area (TPSA) is 82.0 Å². The Balaban J connectivity index is 2.72. The highest BCUT2D eigenvalue weighted by atomic mass is 16.7. The zero-order valence-electron chi connectivity index (χ0n) is 6.78. The van der Waals surface area contributed by atoms with Gasteiger partial charge in [-0.05, 0) is 0 Å². The van der Waals surface area contributed by atoms with E-state index in [4.69, 9.17) is 15.1 Å². The normalized spacial score (nSPS) is 22.8. The van der Waals surface area contributed by atoms with Crippen molar-refractivity contribution in [3.8, 4) is 0 Å². The van der Waals surface area contributed by atoms with Crippen LogP contribution in [0.4, 0.5) is 0 Å². The van der Waals surface area contributed by atoms with Gasteiger partial charge in [0.2, 0.25) is 5.91 Å². The average molecular weight is 176 g/mol. The zero-order chi connectivity index (χ0) is 9.19. The molecule has 12 heavy (non-hydrogen) atoms. The van der Waals surface area contributed by atoms with Crippen molar-refractivity contribution in [1.82, 2.24) is 10.6 Å². The lowest BCUT2D eigenvalue weighted by Crippen LogP contribution is -2.39. The standard InChI is InChI=1S/C6H12N2O4/c1-12-8-2-6(3-9,4-10)5(11)7-8/h9-10H,2-4H2,1H3,(H,7,11). The first-order valence-electron chi connectivity index (χ1n) is 3.53. The Bertz CT molecular complexity index is 180. The SMILES string of the molecule is CON1CC(CO)(CO)C(=O)N1. The van der Waals surface area contributed by atoms with Crippen LogP contribution in [0.2, 0.25) is 0 Å².